The summed E-state index contributed by atoms with van der Waals surface area (Å²) in [5, 5.41) is 3.49. The highest BCUT2D eigenvalue weighted by Gasteiger charge is 2.20. The van der Waals surface area contributed by atoms with Crippen LogP contribution in [0.4, 0.5) is 0 Å². The van der Waals surface area contributed by atoms with Gasteiger partial charge in [-0.05, 0) is 48.6 Å². The molecule has 25 heavy (non-hydrogen) atoms. The number of hydrogen-bond acceptors (Lipinski definition) is 2. The van der Waals surface area contributed by atoms with Gasteiger partial charge in [0.1, 0.15) is 5.65 Å². The molecule has 0 fully saturated rings. The van der Waals surface area contributed by atoms with Gasteiger partial charge in [-0.15, -0.1) is 0 Å². The summed E-state index contributed by atoms with van der Waals surface area (Å²) < 4.78 is 1.86. The number of benzene rings is 1. The van der Waals surface area contributed by atoms with Crippen LogP contribution in [-0.2, 0) is 11.2 Å². The smallest absolute Gasteiger partial charge is 0.244 e. The Morgan fingerprint density at radius 3 is 3.00 bits per heavy atom. The minimum atomic E-state index is -0.122. The first kappa shape index (κ1) is 15.9. The number of halogens is 1. The molecular weight excluding hydrogens is 334 g/mol. The van der Waals surface area contributed by atoms with Gasteiger partial charge in [0.15, 0.2) is 5.15 Å². The van der Waals surface area contributed by atoms with Gasteiger partial charge in [-0.2, -0.15) is 0 Å². The number of carbonyl (C=O) groups is 1. The van der Waals surface area contributed by atoms with Gasteiger partial charge >= 0.3 is 0 Å². The lowest BCUT2D eigenvalue weighted by atomic mass is 9.88. The molecule has 3 aromatic rings. The maximum Gasteiger partial charge on any atom is 0.244 e. The van der Waals surface area contributed by atoms with Crippen LogP contribution in [-0.4, -0.2) is 15.3 Å². The van der Waals surface area contributed by atoms with Crippen LogP contribution in [0.2, 0.25) is 5.15 Å². The van der Waals surface area contributed by atoms with Crippen LogP contribution >= 0.6 is 11.6 Å². The lowest BCUT2D eigenvalue weighted by molar-refractivity contribution is -0.117. The maximum absolute atomic E-state index is 12.4. The monoisotopic (exact) mass is 351 g/mol. The van der Waals surface area contributed by atoms with E-state index in [0.717, 1.165) is 24.9 Å². The molecule has 0 unspecified atom stereocenters. The molecule has 4 nitrogen and oxygen atoms in total. The number of nitrogens with one attached hydrogen (secondary N) is 1. The molecule has 0 bridgehead atoms. The van der Waals surface area contributed by atoms with Gasteiger partial charge in [-0.3, -0.25) is 9.20 Å². The predicted molar refractivity (Wildman–Crippen MR) is 99.5 cm³/mol. The summed E-state index contributed by atoms with van der Waals surface area (Å²) in [6.07, 6.45) is 8.25. The van der Waals surface area contributed by atoms with Crippen molar-refractivity contribution < 1.29 is 4.79 Å². The third kappa shape index (κ3) is 3.17. The third-order valence-corrected chi connectivity index (χ3v) is 4.88. The van der Waals surface area contributed by atoms with E-state index in [1.165, 1.54) is 17.2 Å². The SMILES string of the molecule is O=C(/C=C/c1c(Cl)nc2ccccn12)N[C@@H]1CCCc2ccccc21. The number of aryl methyl sites for hydroxylation is 1. The Kier molecular flexibility index (Phi) is 4.28. The van der Waals surface area contributed by atoms with E-state index in [9.17, 15) is 4.79 Å². The first-order valence-electron chi connectivity index (χ1n) is 8.41. The summed E-state index contributed by atoms with van der Waals surface area (Å²) in [5.74, 6) is -0.122. The number of carbonyl (C=O) groups excluding carboxylic acids is 1. The minimum Gasteiger partial charge on any atom is -0.346 e. The highest BCUT2D eigenvalue weighted by molar-refractivity contribution is 6.31. The number of amides is 1. The highest BCUT2D eigenvalue weighted by Crippen LogP contribution is 2.29. The lowest BCUT2D eigenvalue weighted by Crippen LogP contribution is -2.29. The molecule has 1 amide bonds. The van der Waals surface area contributed by atoms with E-state index in [1.807, 2.05) is 34.9 Å². The first-order chi connectivity index (χ1) is 12.2. The average Bonchev–Trinajstić information content (AvgIpc) is 2.95. The van der Waals surface area contributed by atoms with E-state index < -0.39 is 0 Å². The molecule has 0 radical (unpaired) electrons. The molecule has 1 aliphatic rings. The normalized spacial score (nSPS) is 16.9. The third-order valence-electron chi connectivity index (χ3n) is 4.60. The number of fused-ring (bicyclic) bond motifs is 2. The fraction of sp³-hybridized carbons (Fsp3) is 0.200. The van der Waals surface area contributed by atoms with Crippen molar-refractivity contribution in [2.24, 2.45) is 0 Å². The summed E-state index contributed by atoms with van der Waals surface area (Å²) in [5.41, 5.74) is 4.02. The van der Waals surface area contributed by atoms with E-state index in [4.69, 9.17) is 11.6 Å². The van der Waals surface area contributed by atoms with Crippen LogP contribution in [0, 0.1) is 0 Å². The van der Waals surface area contributed by atoms with Crippen molar-refractivity contribution in [3.05, 3.63) is 76.7 Å². The van der Waals surface area contributed by atoms with E-state index >= 15 is 0 Å². The summed E-state index contributed by atoms with van der Waals surface area (Å²) in [6, 6.07) is 14.1. The Morgan fingerprint density at radius 2 is 2.08 bits per heavy atom. The van der Waals surface area contributed by atoms with Gasteiger partial charge in [0.2, 0.25) is 5.91 Å². The number of hydrogen-bond donors (Lipinski definition) is 1. The Morgan fingerprint density at radius 1 is 1.24 bits per heavy atom. The zero-order chi connectivity index (χ0) is 17.2. The van der Waals surface area contributed by atoms with E-state index in [-0.39, 0.29) is 11.9 Å². The number of rotatable bonds is 3. The van der Waals surface area contributed by atoms with Crippen LogP contribution in [0.3, 0.4) is 0 Å². The molecule has 5 heteroatoms. The van der Waals surface area contributed by atoms with Crippen molar-refractivity contribution in [3.8, 4) is 0 Å². The number of nitrogens with zero attached hydrogens (tertiary/aromatic N) is 2. The van der Waals surface area contributed by atoms with Gasteiger partial charge in [0.05, 0.1) is 11.7 Å². The molecule has 1 atom stereocenters. The topological polar surface area (TPSA) is 46.4 Å². The summed E-state index contributed by atoms with van der Waals surface area (Å²) in [7, 11) is 0. The van der Waals surface area contributed by atoms with Crippen molar-refractivity contribution in [3.63, 3.8) is 0 Å². The molecule has 2 aromatic heterocycles. The number of pyridine rings is 1. The second-order valence-electron chi connectivity index (χ2n) is 6.20. The second kappa shape index (κ2) is 6.73. The molecule has 1 aromatic carbocycles. The lowest BCUT2D eigenvalue weighted by Gasteiger charge is -2.25. The molecule has 2 heterocycles. The first-order valence-corrected chi connectivity index (χ1v) is 8.79. The molecule has 1 aliphatic carbocycles. The van der Waals surface area contributed by atoms with Crippen molar-refractivity contribution in [2.45, 2.75) is 25.3 Å². The largest absolute Gasteiger partial charge is 0.346 e. The van der Waals surface area contributed by atoms with Crippen LogP contribution in [0.15, 0.2) is 54.7 Å². The van der Waals surface area contributed by atoms with Gasteiger partial charge in [-0.25, -0.2) is 4.98 Å². The maximum atomic E-state index is 12.4. The van der Waals surface area contributed by atoms with Gasteiger partial charge in [0, 0.05) is 12.3 Å². The van der Waals surface area contributed by atoms with Crippen molar-refractivity contribution in [2.75, 3.05) is 0 Å². The zero-order valence-electron chi connectivity index (χ0n) is 13.7. The summed E-state index contributed by atoms with van der Waals surface area (Å²) in [4.78, 5) is 16.7. The molecule has 4 rings (SSSR count). The van der Waals surface area contributed by atoms with Crippen molar-refractivity contribution in [1.29, 1.82) is 0 Å². The molecule has 0 spiro atoms. The Hall–Kier alpha value is -2.59. The molecular formula is C20H18ClN3O. The summed E-state index contributed by atoms with van der Waals surface area (Å²) >= 11 is 6.20. The molecule has 0 aliphatic heterocycles. The Labute approximate surface area is 151 Å². The Bertz CT molecular complexity index is 960. The minimum absolute atomic E-state index is 0.0692. The van der Waals surface area contributed by atoms with Crippen LogP contribution in [0.25, 0.3) is 11.7 Å². The van der Waals surface area contributed by atoms with E-state index in [1.54, 1.807) is 6.08 Å². The van der Waals surface area contributed by atoms with Gasteiger partial charge in [-0.1, -0.05) is 41.9 Å². The van der Waals surface area contributed by atoms with Crippen molar-refractivity contribution in [1.82, 2.24) is 14.7 Å². The van der Waals surface area contributed by atoms with Crippen LogP contribution < -0.4 is 5.32 Å². The van der Waals surface area contributed by atoms with E-state index in [0.29, 0.717) is 10.8 Å². The summed E-state index contributed by atoms with van der Waals surface area (Å²) in [6.45, 7) is 0. The molecule has 1 N–H and O–H groups in total. The molecule has 0 saturated carbocycles. The second-order valence-corrected chi connectivity index (χ2v) is 6.56. The quantitative estimate of drug-likeness (QED) is 0.719. The van der Waals surface area contributed by atoms with Crippen LogP contribution in [0.1, 0.15) is 35.7 Å². The van der Waals surface area contributed by atoms with Crippen molar-refractivity contribution >= 4 is 29.2 Å². The van der Waals surface area contributed by atoms with E-state index in [2.05, 4.69) is 28.5 Å². The zero-order valence-corrected chi connectivity index (χ0v) is 14.4. The van der Waals surface area contributed by atoms with Gasteiger partial charge in [0.25, 0.3) is 0 Å². The fourth-order valence-electron chi connectivity index (χ4n) is 3.41. The van der Waals surface area contributed by atoms with Crippen LogP contribution in [0.5, 0.6) is 0 Å². The number of imidazole rings is 1. The fourth-order valence-corrected chi connectivity index (χ4v) is 3.65. The molecule has 126 valence electrons. The average molecular weight is 352 g/mol. The Balaban J connectivity index is 1.53. The standard InChI is InChI=1S/C20H18ClN3O/c21-20-17(24-13-4-3-10-18(24)23-20)11-12-19(25)22-16-9-5-7-14-6-1-2-8-15(14)16/h1-4,6,8,10-13,16H,5,7,9H2,(H,22,25)/b12-11+/t16-/m1/s1. The number of aromatic nitrogens is 2. The highest BCUT2D eigenvalue weighted by atomic mass is 35.5. The molecule has 0 saturated heterocycles. The van der Waals surface area contributed by atoms with Gasteiger partial charge < -0.3 is 5.32 Å². The predicted octanol–water partition coefficient (Wildman–Crippen LogP) is 4.19.